The Balaban J connectivity index is 1.52. The predicted octanol–water partition coefficient (Wildman–Crippen LogP) is 4.22. The third kappa shape index (κ3) is 3.46. The van der Waals surface area contributed by atoms with Gasteiger partial charge in [0.15, 0.2) is 5.16 Å². The molecular formula is C18H21N5OS. The van der Waals surface area contributed by atoms with Crippen LogP contribution in [0.15, 0.2) is 33.8 Å². The van der Waals surface area contributed by atoms with Crippen LogP contribution < -0.4 is 0 Å². The smallest absolute Gasteiger partial charge is 0.247 e. The van der Waals surface area contributed by atoms with Crippen LogP contribution in [-0.4, -0.2) is 25.0 Å². The number of benzene rings is 1. The number of hydrogen-bond donors (Lipinski definition) is 0. The molecule has 0 aliphatic carbocycles. The third-order valence-corrected chi connectivity index (χ3v) is 5.48. The van der Waals surface area contributed by atoms with Gasteiger partial charge in [-0.05, 0) is 38.8 Å². The first-order valence-corrected chi connectivity index (χ1v) is 9.58. The van der Waals surface area contributed by atoms with Gasteiger partial charge in [0.2, 0.25) is 11.8 Å². The summed E-state index contributed by atoms with van der Waals surface area (Å²) in [5.41, 5.74) is 2.12. The monoisotopic (exact) mass is 355 g/mol. The van der Waals surface area contributed by atoms with Gasteiger partial charge in [0.25, 0.3) is 0 Å². The average Bonchev–Trinajstić information content (AvgIpc) is 3.17. The van der Waals surface area contributed by atoms with E-state index in [-0.39, 0.29) is 5.25 Å². The highest BCUT2D eigenvalue weighted by Crippen LogP contribution is 2.35. The normalized spacial score (nSPS) is 15.6. The summed E-state index contributed by atoms with van der Waals surface area (Å²) in [4.78, 5) is 0. The molecule has 0 saturated heterocycles. The zero-order valence-corrected chi connectivity index (χ0v) is 15.3. The Hall–Kier alpha value is -2.15. The lowest BCUT2D eigenvalue weighted by Crippen LogP contribution is -2.03. The summed E-state index contributed by atoms with van der Waals surface area (Å²) in [6, 6.07) is 8.09. The zero-order chi connectivity index (χ0) is 17.2. The van der Waals surface area contributed by atoms with Crippen molar-refractivity contribution in [1.82, 2.24) is 25.0 Å². The molecule has 7 heteroatoms. The molecule has 130 valence electrons. The van der Waals surface area contributed by atoms with Gasteiger partial charge in [-0.3, -0.25) is 0 Å². The van der Waals surface area contributed by atoms with Gasteiger partial charge in [-0.2, -0.15) is 0 Å². The molecule has 0 spiro atoms. The molecule has 1 aromatic carbocycles. The highest BCUT2D eigenvalue weighted by atomic mass is 32.2. The second kappa shape index (κ2) is 7.00. The molecule has 1 aliphatic rings. The minimum atomic E-state index is 0.0302. The molecule has 2 aromatic heterocycles. The van der Waals surface area contributed by atoms with Crippen molar-refractivity contribution in [2.24, 2.45) is 0 Å². The summed E-state index contributed by atoms with van der Waals surface area (Å²) in [7, 11) is 0. The second-order valence-electron chi connectivity index (χ2n) is 6.44. The number of thioether (sulfide) groups is 1. The van der Waals surface area contributed by atoms with Crippen molar-refractivity contribution < 1.29 is 4.42 Å². The lowest BCUT2D eigenvalue weighted by molar-refractivity contribution is 0.508. The van der Waals surface area contributed by atoms with Gasteiger partial charge < -0.3 is 8.98 Å². The molecular weight excluding hydrogens is 334 g/mol. The first-order chi connectivity index (χ1) is 12.2. The predicted molar refractivity (Wildman–Crippen MR) is 96.3 cm³/mol. The summed E-state index contributed by atoms with van der Waals surface area (Å²) in [5, 5.41) is 18.1. The Morgan fingerprint density at radius 1 is 1.12 bits per heavy atom. The maximum Gasteiger partial charge on any atom is 0.247 e. The first kappa shape index (κ1) is 16.3. The van der Waals surface area contributed by atoms with E-state index in [9.17, 15) is 0 Å². The number of aryl methyl sites for hydroxylation is 2. The molecule has 1 aliphatic heterocycles. The molecule has 6 nitrogen and oxygen atoms in total. The molecule has 3 aromatic rings. The van der Waals surface area contributed by atoms with Crippen molar-refractivity contribution in [2.75, 3.05) is 0 Å². The van der Waals surface area contributed by atoms with Crippen molar-refractivity contribution in [3.05, 3.63) is 41.5 Å². The van der Waals surface area contributed by atoms with Crippen LogP contribution in [-0.2, 0) is 13.0 Å². The number of rotatable bonds is 4. The Morgan fingerprint density at radius 2 is 2.04 bits per heavy atom. The Morgan fingerprint density at radius 3 is 2.92 bits per heavy atom. The average molecular weight is 355 g/mol. The molecule has 1 atom stereocenters. The quantitative estimate of drug-likeness (QED) is 0.653. The highest BCUT2D eigenvalue weighted by molar-refractivity contribution is 7.99. The van der Waals surface area contributed by atoms with Crippen LogP contribution in [0, 0.1) is 6.92 Å². The maximum atomic E-state index is 5.90. The fourth-order valence-electron chi connectivity index (χ4n) is 3.05. The van der Waals surface area contributed by atoms with Gasteiger partial charge >= 0.3 is 0 Å². The van der Waals surface area contributed by atoms with Gasteiger partial charge in [-0.25, -0.2) is 0 Å². The van der Waals surface area contributed by atoms with E-state index in [0.29, 0.717) is 11.8 Å². The van der Waals surface area contributed by atoms with E-state index in [1.807, 2.05) is 18.2 Å². The maximum absolute atomic E-state index is 5.90. The van der Waals surface area contributed by atoms with Crippen molar-refractivity contribution in [2.45, 2.75) is 56.5 Å². The van der Waals surface area contributed by atoms with Crippen LogP contribution in [0.5, 0.6) is 0 Å². The van der Waals surface area contributed by atoms with Crippen LogP contribution in [0.1, 0.15) is 48.7 Å². The minimum Gasteiger partial charge on any atom is -0.419 e. The van der Waals surface area contributed by atoms with E-state index in [0.717, 1.165) is 29.5 Å². The fourth-order valence-corrected chi connectivity index (χ4v) is 3.97. The van der Waals surface area contributed by atoms with Gasteiger partial charge in [0, 0.05) is 18.5 Å². The first-order valence-electron chi connectivity index (χ1n) is 8.70. The Bertz CT molecular complexity index is 872. The molecule has 4 rings (SSSR count). The van der Waals surface area contributed by atoms with Crippen molar-refractivity contribution in [3.63, 3.8) is 0 Å². The van der Waals surface area contributed by atoms with Crippen LogP contribution >= 0.6 is 11.8 Å². The number of nitrogens with zero attached hydrogens (tertiary/aromatic N) is 5. The van der Waals surface area contributed by atoms with Crippen molar-refractivity contribution in [3.8, 4) is 11.5 Å². The van der Waals surface area contributed by atoms with E-state index in [4.69, 9.17) is 4.42 Å². The molecule has 0 amide bonds. The van der Waals surface area contributed by atoms with E-state index < -0.39 is 0 Å². The topological polar surface area (TPSA) is 69.6 Å². The Kier molecular flexibility index (Phi) is 4.57. The molecule has 0 fully saturated rings. The third-order valence-electron chi connectivity index (χ3n) is 4.41. The summed E-state index contributed by atoms with van der Waals surface area (Å²) in [5.74, 6) is 2.27. The van der Waals surface area contributed by atoms with E-state index in [1.54, 1.807) is 11.8 Å². The zero-order valence-electron chi connectivity index (χ0n) is 14.5. The molecule has 3 heterocycles. The molecule has 0 radical (unpaired) electrons. The van der Waals surface area contributed by atoms with Crippen molar-refractivity contribution >= 4 is 11.8 Å². The molecule has 0 unspecified atom stereocenters. The van der Waals surface area contributed by atoms with Gasteiger partial charge in [0.1, 0.15) is 5.82 Å². The second-order valence-corrected chi connectivity index (χ2v) is 7.74. The van der Waals surface area contributed by atoms with Gasteiger partial charge in [-0.1, -0.05) is 35.9 Å². The summed E-state index contributed by atoms with van der Waals surface area (Å²) in [6.45, 7) is 5.11. The fraction of sp³-hybridized carbons (Fsp3) is 0.444. The van der Waals surface area contributed by atoms with Crippen LogP contribution in [0.4, 0.5) is 0 Å². The molecule has 0 bridgehead atoms. The van der Waals surface area contributed by atoms with E-state index >= 15 is 0 Å². The standard InChI is InChI=1S/C18H21N5OS/c1-12-7-6-8-14(11-12)17-21-20-16(24-17)13(2)25-18-22-19-15-9-4-3-5-10-23(15)18/h6-8,11,13H,3-5,9-10H2,1-2H3/t13-/m0/s1. The van der Waals surface area contributed by atoms with Crippen LogP contribution in [0.3, 0.4) is 0 Å². The highest BCUT2D eigenvalue weighted by Gasteiger charge is 2.21. The molecule has 0 N–H and O–H groups in total. The lowest BCUT2D eigenvalue weighted by atomic mass is 10.1. The van der Waals surface area contributed by atoms with Crippen LogP contribution in [0.2, 0.25) is 0 Å². The summed E-state index contributed by atoms with van der Waals surface area (Å²) < 4.78 is 8.15. The van der Waals surface area contributed by atoms with Crippen LogP contribution in [0.25, 0.3) is 11.5 Å². The van der Waals surface area contributed by atoms with Crippen molar-refractivity contribution in [1.29, 1.82) is 0 Å². The van der Waals surface area contributed by atoms with E-state index in [2.05, 4.69) is 44.9 Å². The Labute approximate surface area is 151 Å². The number of hydrogen-bond acceptors (Lipinski definition) is 6. The summed E-state index contributed by atoms with van der Waals surface area (Å²) in [6.07, 6.45) is 4.65. The lowest BCUT2D eigenvalue weighted by Gasteiger charge is -2.09. The van der Waals surface area contributed by atoms with Gasteiger partial charge in [-0.15, -0.1) is 20.4 Å². The number of fused-ring (bicyclic) bond motifs is 1. The summed E-state index contributed by atoms with van der Waals surface area (Å²) >= 11 is 1.63. The largest absolute Gasteiger partial charge is 0.419 e. The minimum absolute atomic E-state index is 0.0302. The van der Waals surface area contributed by atoms with E-state index in [1.165, 1.54) is 24.8 Å². The SMILES string of the molecule is Cc1cccc(-c2nnc([C@H](C)Sc3nnc4n3CCCCC4)o2)c1. The number of aromatic nitrogens is 5. The van der Waals surface area contributed by atoms with Gasteiger partial charge in [0.05, 0.1) is 5.25 Å². The molecule has 0 saturated carbocycles. The molecule has 25 heavy (non-hydrogen) atoms.